The molecule has 1 fully saturated rings. The Hall–Kier alpha value is -2.14. The van der Waals surface area contributed by atoms with E-state index >= 15 is 0 Å². The number of fused-ring (bicyclic) bond motifs is 1. The number of nitrogens with zero attached hydrogens (tertiary/aromatic N) is 2. The Labute approximate surface area is 171 Å². The van der Waals surface area contributed by atoms with Gasteiger partial charge >= 0.3 is 0 Å². The molecule has 5 heteroatoms. The molecule has 0 N–H and O–H groups in total. The molecule has 0 unspecified atom stereocenters. The van der Waals surface area contributed by atoms with Crippen molar-refractivity contribution < 1.29 is 9.59 Å². The lowest BCUT2D eigenvalue weighted by Crippen LogP contribution is -2.49. The lowest BCUT2D eigenvalue weighted by Gasteiger charge is -2.38. The number of hydrogen-bond acceptors (Lipinski definition) is 3. The predicted octanol–water partition coefficient (Wildman–Crippen LogP) is 4.18. The van der Waals surface area contributed by atoms with Crippen LogP contribution in [-0.2, 0) is 16.0 Å². The highest BCUT2D eigenvalue weighted by Crippen LogP contribution is 2.38. The SMILES string of the molecule is Cc1ccc([C@H]2c3ccsc3CCN2C(=O)CN(C(=O)C2CC2)C(C)C)cc1. The first-order valence-corrected chi connectivity index (χ1v) is 11.1. The quantitative estimate of drug-likeness (QED) is 0.761. The fourth-order valence-corrected chi connectivity index (χ4v) is 4.91. The van der Waals surface area contributed by atoms with E-state index in [4.69, 9.17) is 0 Å². The molecule has 2 aromatic rings. The van der Waals surface area contributed by atoms with Crippen LogP contribution in [0.3, 0.4) is 0 Å². The van der Waals surface area contributed by atoms with Crippen LogP contribution in [0.2, 0.25) is 0 Å². The van der Waals surface area contributed by atoms with Gasteiger partial charge in [-0.3, -0.25) is 9.59 Å². The van der Waals surface area contributed by atoms with Crippen LogP contribution in [0.25, 0.3) is 0 Å². The summed E-state index contributed by atoms with van der Waals surface area (Å²) in [5.41, 5.74) is 3.59. The highest BCUT2D eigenvalue weighted by Gasteiger charge is 2.38. The van der Waals surface area contributed by atoms with Crippen LogP contribution in [0.4, 0.5) is 0 Å². The average molecular weight is 397 g/mol. The zero-order valence-corrected chi connectivity index (χ0v) is 17.7. The van der Waals surface area contributed by atoms with Crippen LogP contribution >= 0.6 is 11.3 Å². The Morgan fingerprint density at radius 2 is 1.89 bits per heavy atom. The highest BCUT2D eigenvalue weighted by molar-refractivity contribution is 7.10. The number of thiophene rings is 1. The first-order chi connectivity index (χ1) is 13.5. The van der Waals surface area contributed by atoms with E-state index in [1.807, 2.05) is 18.7 Å². The van der Waals surface area contributed by atoms with E-state index in [0.717, 1.165) is 24.8 Å². The molecule has 4 nitrogen and oxygen atoms in total. The maximum absolute atomic E-state index is 13.4. The van der Waals surface area contributed by atoms with E-state index in [1.54, 1.807) is 16.2 Å². The topological polar surface area (TPSA) is 40.6 Å². The Morgan fingerprint density at radius 3 is 2.54 bits per heavy atom. The fourth-order valence-electron chi connectivity index (χ4n) is 4.01. The van der Waals surface area contributed by atoms with Gasteiger partial charge in [0, 0.05) is 23.4 Å². The second-order valence-corrected chi connectivity index (χ2v) is 9.28. The minimum absolute atomic E-state index is 0.0383. The summed E-state index contributed by atoms with van der Waals surface area (Å²) in [4.78, 5) is 31.2. The molecule has 4 rings (SSSR count). The maximum atomic E-state index is 13.4. The summed E-state index contributed by atoms with van der Waals surface area (Å²) in [5, 5.41) is 2.12. The predicted molar refractivity (Wildman–Crippen MR) is 112 cm³/mol. The molecule has 0 saturated heterocycles. The monoisotopic (exact) mass is 396 g/mol. The molecule has 2 aliphatic rings. The molecule has 28 heavy (non-hydrogen) atoms. The number of amides is 2. The summed E-state index contributed by atoms with van der Waals surface area (Å²) in [5.74, 6) is 0.321. The molecule has 0 spiro atoms. The van der Waals surface area contributed by atoms with E-state index in [0.29, 0.717) is 6.54 Å². The van der Waals surface area contributed by atoms with Crippen molar-refractivity contribution in [3.05, 3.63) is 57.3 Å². The normalized spacial score (nSPS) is 18.9. The van der Waals surface area contributed by atoms with Gasteiger partial charge in [0.1, 0.15) is 6.54 Å². The smallest absolute Gasteiger partial charge is 0.243 e. The molecule has 1 saturated carbocycles. The number of benzene rings is 1. The molecular formula is C23H28N2O2S. The van der Waals surface area contributed by atoms with Crippen LogP contribution in [-0.4, -0.2) is 40.7 Å². The van der Waals surface area contributed by atoms with Gasteiger partial charge in [-0.15, -0.1) is 11.3 Å². The molecule has 0 radical (unpaired) electrons. The lowest BCUT2D eigenvalue weighted by atomic mass is 9.92. The maximum Gasteiger partial charge on any atom is 0.243 e. The van der Waals surface area contributed by atoms with Crippen LogP contribution in [0, 0.1) is 12.8 Å². The van der Waals surface area contributed by atoms with E-state index in [-0.39, 0.29) is 36.4 Å². The summed E-state index contributed by atoms with van der Waals surface area (Å²) in [6.07, 6.45) is 2.81. The Balaban J connectivity index is 1.61. The molecule has 2 amide bonds. The molecule has 148 valence electrons. The number of carbonyl (C=O) groups is 2. The zero-order chi connectivity index (χ0) is 19.8. The number of hydrogen-bond donors (Lipinski definition) is 0. The first-order valence-electron chi connectivity index (χ1n) is 10.2. The minimum atomic E-state index is -0.0619. The summed E-state index contributed by atoms with van der Waals surface area (Å²) in [6.45, 7) is 6.95. The summed E-state index contributed by atoms with van der Waals surface area (Å²) < 4.78 is 0. The lowest BCUT2D eigenvalue weighted by molar-refractivity contribution is -0.143. The van der Waals surface area contributed by atoms with Gasteiger partial charge < -0.3 is 9.80 Å². The van der Waals surface area contributed by atoms with Crippen molar-refractivity contribution in [2.24, 2.45) is 5.92 Å². The van der Waals surface area contributed by atoms with Crippen molar-refractivity contribution in [1.82, 2.24) is 9.80 Å². The van der Waals surface area contributed by atoms with Crippen molar-refractivity contribution >= 4 is 23.2 Å². The number of aryl methyl sites for hydroxylation is 1. The largest absolute Gasteiger partial charge is 0.331 e. The third-order valence-corrected chi connectivity index (χ3v) is 6.81. The van der Waals surface area contributed by atoms with Gasteiger partial charge in [-0.25, -0.2) is 0 Å². The third-order valence-electron chi connectivity index (χ3n) is 5.82. The van der Waals surface area contributed by atoms with E-state index < -0.39 is 0 Å². The minimum Gasteiger partial charge on any atom is -0.331 e. The Kier molecular flexibility index (Phi) is 5.28. The number of carbonyl (C=O) groups excluding carboxylic acids is 2. The summed E-state index contributed by atoms with van der Waals surface area (Å²) in [6, 6.07) is 10.6. The van der Waals surface area contributed by atoms with Crippen LogP contribution < -0.4 is 0 Å². The van der Waals surface area contributed by atoms with E-state index in [1.165, 1.54) is 16.0 Å². The average Bonchev–Trinajstić information content (AvgIpc) is 3.42. The van der Waals surface area contributed by atoms with Crippen molar-refractivity contribution in [1.29, 1.82) is 0 Å². The summed E-state index contributed by atoms with van der Waals surface area (Å²) >= 11 is 1.77. The van der Waals surface area contributed by atoms with Gasteiger partial charge in [0.2, 0.25) is 11.8 Å². The standard InChI is InChI=1S/C23H28N2O2S/c1-15(2)25(23(27)18-8-9-18)14-21(26)24-12-10-20-19(11-13-28-20)22(24)17-6-4-16(3)5-7-17/h4-7,11,13,15,18,22H,8-10,12,14H2,1-3H3/t22-/m0/s1. The van der Waals surface area contributed by atoms with Crippen molar-refractivity contribution in [3.8, 4) is 0 Å². The van der Waals surface area contributed by atoms with Gasteiger partial charge in [0.05, 0.1) is 6.04 Å². The van der Waals surface area contributed by atoms with E-state index in [9.17, 15) is 9.59 Å². The molecular weight excluding hydrogens is 368 g/mol. The van der Waals surface area contributed by atoms with Gasteiger partial charge in [-0.2, -0.15) is 0 Å². The molecule has 1 aromatic carbocycles. The van der Waals surface area contributed by atoms with Crippen LogP contribution in [0.15, 0.2) is 35.7 Å². The van der Waals surface area contributed by atoms with Crippen molar-refractivity contribution in [2.75, 3.05) is 13.1 Å². The molecule has 1 aliphatic carbocycles. The number of rotatable bonds is 5. The van der Waals surface area contributed by atoms with Gasteiger partial charge in [-0.05, 0) is 62.6 Å². The molecule has 0 bridgehead atoms. The van der Waals surface area contributed by atoms with Crippen molar-refractivity contribution in [3.63, 3.8) is 0 Å². The second kappa shape index (κ2) is 7.70. The van der Waals surface area contributed by atoms with E-state index in [2.05, 4.69) is 42.6 Å². The summed E-state index contributed by atoms with van der Waals surface area (Å²) in [7, 11) is 0. The molecule has 2 heterocycles. The molecule has 1 atom stereocenters. The zero-order valence-electron chi connectivity index (χ0n) is 16.9. The van der Waals surface area contributed by atoms with Gasteiger partial charge in [0.25, 0.3) is 0 Å². The Morgan fingerprint density at radius 1 is 1.18 bits per heavy atom. The Bertz CT molecular complexity index is 867. The molecule has 1 aliphatic heterocycles. The van der Waals surface area contributed by atoms with Gasteiger partial charge in [-0.1, -0.05) is 29.8 Å². The molecule has 1 aromatic heterocycles. The second-order valence-electron chi connectivity index (χ2n) is 8.28. The third kappa shape index (κ3) is 3.72. The van der Waals surface area contributed by atoms with Crippen LogP contribution in [0.5, 0.6) is 0 Å². The fraction of sp³-hybridized carbons (Fsp3) is 0.478. The van der Waals surface area contributed by atoms with Gasteiger partial charge in [0.15, 0.2) is 0 Å². The van der Waals surface area contributed by atoms with Crippen LogP contribution in [0.1, 0.15) is 54.3 Å². The first kappa shape index (κ1) is 19.2. The highest BCUT2D eigenvalue weighted by atomic mass is 32.1. The van der Waals surface area contributed by atoms with Crippen molar-refractivity contribution in [2.45, 2.75) is 52.1 Å².